The van der Waals surface area contributed by atoms with E-state index in [1.54, 1.807) is 12.1 Å². The summed E-state index contributed by atoms with van der Waals surface area (Å²) in [5, 5.41) is 5.27. The number of hydrogen-bond donors (Lipinski definition) is 2. The van der Waals surface area contributed by atoms with Crippen molar-refractivity contribution in [3.8, 4) is 17.2 Å². The Morgan fingerprint density at radius 1 is 1.04 bits per heavy atom. The third-order valence-corrected chi connectivity index (χ3v) is 4.27. The van der Waals surface area contributed by atoms with Gasteiger partial charge >= 0.3 is 6.03 Å². The minimum Gasteiger partial charge on any atom is -0.493 e. The van der Waals surface area contributed by atoms with Gasteiger partial charge < -0.3 is 24.8 Å². The van der Waals surface area contributed by atoms with Gasteiger partial charge in [0.1, 0.15) is 12.4 Å². The Morgan fingerprint density at radius 2 is 1.74 bits per heavy atom. The summed E-state index contributed by atoms with van der Waals surface area (Å²) in [6.07, 6.45) is 0. The lowest BCUT2D eigenvalue weighted by molar-refractivity contribution is 0.235. The Balaban J connectivity index is 1.78. The summed E-state index contributed by atoms with van der Waals surface area (Å²) in [6, 6.07) is 6.11. The fourth-order valence-electron chi connectivity index (χ4n) is 2.19. The van der Waals surface area contributed by atoms with Gasteiger partial charge in [0.25, 0.3) is 0 Å². The summed E-state index contributed by atoms with van der Waals surface area (Å²) in [5.74, 6) is -0.431. The number of amides is 2. The molecule has 2 N–H and O–H groups in total. The second kappa shape index (κ2) is 9.96. The van der Waals surface area contributed by atoms with Gasteiger partial charge in [-0.3, -0.25) is 0 Å². The number of methoxy groups -OCH3 is 2. The summed E-state index contributed by atoms with van der Waals surface area (Å²) in [5.41, 5.74) is 0.799. The molecule has 0 aliphatic rings. The molecule has 0 spiro atoms. The highest BCUT2D eigenvalue weighted by Crippen LogP contribution is 2.33. The highest BCUT2D eigenvalue weighted by atomic mass is 79.9. The average Bonchev–Trinajstić information content (AvgIpc) is 2.65. The minimum atomic E-state index is -0.794. The van der Waals surface area contributed by atoms with Crippen LogP contribution in [0.1, 0.15) is 5.56 Å². The van der Waals surface area contributed by atoms with Crippen LogP contribution in [0.4, 0.5) is 13.6 Å². The van der Waals surface area contributed by atoms with Crippen LogP contribution in [0, 0.1) is 11.6 Å². The number of ether oxygens (including phenoxy) is 3. The van der Waals surface area contributed by atoms with Gasteiger partial charge in [-0.2, -0.15) is 0 Å². The zero-order valence-corrected chi connectivity index (χ0v) is 16.4. The average molecular weight is 445 g/mol. The van der Waals surface area contributed by atoms with Crippen LogP contribution in [0.5, 0.6) is 17.2 Å². The number of hydrogen-bond acceptors (Lipinski definition) is 4. The van der Waals surface area contributed by atoms with E-state index in [1.807, 2.05) is 0 Å². The SMILES string of the molecule is COc1cc(Br)c(CNC(=O)NCCOc2ccc(F)cc2F)cc1OC. The Kier molecular flexibility index (Phi) is 7.66. The first-order valence-corrected chi connectivity index (χ1v) is 8.74. The molecule has 0 aliphatic carbocycles. The number of benzene rings is 2. The van der Waals surface area contributed by atoms with Gasteiger partial charge in [0.15, 0.2) is 23.1 Å². The molecule has 2 aromatic rings. The Bertz CT molecular complexity index is 805. The predicted octanol–water partition coefficient (Wildman–Crippen LogP) is 3.62. The lowest BCUT2D eigenvalue weighted by Crippen LogP contribution is -2.37. The fourth-order valence-corrected chi connectivity index (χ4v) is 2.65. The zero-order chi connectivity index (χ0) is 19.8. The predicted molar refractivity (Wildman–Crippen MR) is 99.3 cm³/mol. The third kappa shape index (κ3) is 5.99. The monoisotopic (exact) mass is 444 g/mol. The first-order valence-electron chi connectivity index (χ1n) is 7.94. The van der Waals surface area contributed by atoms with Gasteiger partial charge in [-0.25, -0.2) is 13.6 Å². The zero-order valence-electron chi connectivity index (χ0n) is 14.8. The first-order chi connectivity index (χ1) is 12.9. The molecule has 0 saturated heterocycles. The summed E-state index contributed by atoms with van der Waals surface area (Å²) >= 11 is 3.41. The van der Waals surface area contributed by atoms with Crippen molar-refractivity contribution >= 4 is 22.0 Å². The van der Waals surface area contributed by atoms with Crippen LogP contribution in [0.15, 0.2) is 34.8 Å². The van der Waals surface area contributed by atoms with Crippen molar-refractivity contribution in [2.75, 3.05) is 27.4 Å². The van der Waals surface area contributed by atoms with Crippen LogP contribution in [0.3, 0.4) is 0 Å². The maximum atomic E-state index is 13.4. The van der Waals surface area contributed by atoms with E-state index in [2.05, 4.69) is 26.6 Å². The topological polar surface area (TPSA) is 68.8 Å². The summed E-state index contributed by atoms with van der Waals surface area (Å²) < 4.78 is 42.6. The lowest BCUT2D eigenvalue weighted by atomic mass is 10.2. The molecule has 146 valence electrons. The highest BCUT2D eigenvalue weighted by Gasteiger charge is 2.11. The summed E-state index contributed by atoms with van der Waals surface area (Å²) in [4.78, 5) is 11.9. The van der Waals surface area contributed by atoms with Crippen LogP contribution in [0.25, 0.3) is 0 Å². The molecule has 0 saturated carbocycles. The van der Waals surface area contributed by atoms with Crippen molar-refractivity contribution in [2.45, 2.75) is 6.54 Å². The van der Waals surface area contributed by atoms with E-state index >= 15 is 0 Å². The van der Waals surface area contributed by atoms with E-state index < -0.39 is 17.7 Å². The quantitative estimate of drug-likeness (QED) is 0.610. The van der Waals surface area contributed by atoms with Crippen LogP contribution in [-0.4, -0.2) is 33.4 Å². The van der Waals surface area contributed by atoms with Gasteiger partial charge in [-0.1, -0.05) is 15.9 Å². The normalized spacial score (nSPS) is 10.3. The molecule has 0 aliphatic heterocycles. The Morgan fingerprint density at radius 3 is 2.41 bits per heavy atom. The molecule has 0 fully saturated rings. The molecule has 0 radical (unpaired) electrons. The molecular weight excluding hydrogens is 426 g/mol. The van der Waals surface area contributed by atoms with Crippen LogP contribution < -0.4 is 24.8 Å². The number of halogens is 3. The molecule has 0 unspecified atom stereocenters. The summed E-state index contributed by atoms with van der Waals surface area (Å²) in [6.45, 7) is 0.437. The molecule has 0 heterocycles. The molecule has 9 heteroatoms. The molecular formula is C18H19BrF2N2O4. The standard InChI is InChI=1S/C18H19BrF2N2O4/c1-25-16-7-11(13(19)9-17(16)26-2)10-23-18(24)22-5-6-27-15-4-3-12(20)8-14(15)21/h3-4,7-9H,5-6,10H2,1-2H3,(H2,22,23,24). The van der Waals surface area contributed by atoms with E-state index in [-0.39, 0.29) is 25.4 Å². The van der Waals surface area contributed by atoms with Crippen molar-refractivity contribution < 1.29 is 27.8 Å². The van der Waals surface area contributed by atoms with Gasteiger partial charge in [-0.15, -0.1) is 0 Å². The third-order valence-electron chi connectivity index (χ3n) is 3.53. The smallest absolute Gasteiger partial charge is 0.315 e. The number of rotatable bonds is 8. The minimum absolute atomic E-state index is 0.0377. The molecule has 2 aromatic carbocycles. The number of carbonyl (C=O) groups is 1. The molecule has 0 atom stereocenters. The van der Waals surface area contributed by atoms with Crippen molar-refractivity contribution in [3.05, 3.63) is 52.0 Å². The van der Waals surface area contributed by atoms with Crippen LogP contribution >= 0.6 is 15.9 Å². The van der Waals surface area contributed by atoms with E-state index in [4.69, 9.17) is 14.2 Å². The van der Waals surface area contributed by atoms with E-state index in [0.29, 0.717) is 11.5 Å². The fraction of sp³-hybridized carbons (Fsp3) is 0.278. The molecule has 6 nitrogen and oxygen atoms in total. The molecule has 2 amide bonds. The Labute approximate surface area is 163 Å². The Hall–Kier alpha value is -2.55. The number of urea groups is 1. The van der Waals surface area contributed by atoms with E-state index in [1.165, 1.54) is 20.3 Å². The van der Waals surface area contributed by atoms with Gasteiger partial charge in [0.05, 0.1) is 20.8 Å². The van der Waals surface area contributed by atoms with Crippen molar-refractivity contribution in [1.29, 1.82) is 0 Å². The highest BCUT2D eigenvalue weighted by molar-refractivity contribution is 9.10. The van der Waals surface area contributed by atoms with E-state index in [0.717, 1.165) is 22.2 Å². The van der Waals surface area contributed by atoms with Crippen LogP contribution in [-0.2, 0) is 6.54 Å². The number of carbonyl (C=O) groups excluding carboxylic acids is 1. The van der Waals surface area contributed by atoms with E-state index in [9.17, 15) is 13.6 Å². The molecule has 2 rings (SSSR count). The largest absolute Gasteiger partial charge is 0.493 e. The van der Waals surface area contributed by atoms with Crippen LogP contribution in [0.2, 0.25) is 0 Å². The summed E-state index contributed by atoms with van der Waals surface area (Å²) in [7, 11) is 3.06. The second-order valence-corrected chi connectivity index (χ2v) is 6.19. The van der Waals surface area contributed by atoms with Gasteiger partial charge in [0.2, 0.25) is 0 Å². The first kappa shape index (κ1) is 20.8. The van der Waals surface area contributed by atoms with Crippen molar-refractivity contribution in [2.24, 2.45) is 0 Å². The maximum absolute atomic E-state index is 13.4. The van der Waals surface area contributed by atoms with Crippen molar-refractivity contribution in [3.63, 3.8) is 0 Å². The van der Waals surface area contributed by atoms with Gasteiger partial charge in [-0.05, 0) is 29.8 Å². The maximum Gasteiger partial charge on any atom is 0.315 e. The molecule has 0 bridgehead atoms. The molecule has 0 aromatic heterocycles. The second-order valence-electron chi connectivity index (χ2n) is 5.33. The van der Waals surface area contributed by atoms with Gasteiger partial charge in [0, 0.05) is 17.1 Å². The molecule has 27 heavy (non-hydrogen) atoms. The number of nitrogens with one attached hydrogen (secondary N) is 2. The van der Waals surface area contributed by atoms with Crippen molar-refractivity contribution in [1.82, 2.24) is 10.6 Å². The lowest BCUT2D eigenvalue weighted by Gasteiger charge is -2.13.